The van der Waals surface area contributed by atoms with Crippen LogP contribution in [0.4, 0.5) is 0 Å². The molecule has 0 amide bonds. The second kappa shape index (κ2) is 5.34. The second-order valence-corrected chi connectivity index (χ2v) is 7.36. The minimum atomic E-state index is -3.82. The molecule has 1 aromatic rings. The molecule has 1 aromatic carbocycles. The van der Waals surface area contributed by atoms with Crippen LogP contribution in [0.2, 0.25) is 0 Å². The Morgan fingerprint density at radius 2 is 2.15 bits per heavy atom. The highest BCUT2D eigenvalue weighted by Gasteiger charge is 2.50. The molecule has 2 rings (SSSR count). The Hall–Kier alpha value is -1.12. The molecule has 1 fully saturated rings. The molecule has 0 bridgehead atoms. The summed E-state index contributed by atoms with van der Waals surface area (Å²) in [5, 5.41) is 9.05. The van der Waals surface area contributed by atoms with E-state index in [0.717, 1.165) is 0 Å². The van der Waals surface area contributed by atoms with Crippen LogP contribution in [-0.2, 0) is 14.8 Å². The zero-order chi connectivity index (χ0) is 15.0. The summed E-state index contributed by atoms with van der Waals surface area (Å²) in [6.07, 6.45) is 0.973. The molecule has 1 saturated carbocycles. The third-order valence-electron chi connectivity index (χ3n) is 3.32. The maximum absolute atomic E-state index is 12.3. The van der Waals surface area contributed by atoms with Crippen molar-refractivity contribution in [1.82, 2.24) is 4.72 Å². The quantitative estimate of drug-likeness (QED) is 0.800. The van der Waals surface area contributed by atoms with Gasteiger partial charge in [-0.05, 0) is 31.0 Å². The maximum Gasteiger partial charge on any atom is 0.310 e. The lowest BCUT2D eigenvalue weighted by atomic mass is 10.1. The highest BCUT2D eigenvalue weighted by atomic mass is 79.9. The third-order valence-corrected chi connectivity index (χ3v) is 5.24. The summed E-state index contributed by atoms with van der Waals surface area (Å²) in [5.41, 5.74) is -0.952. The summed E-state index contributed by atoms with van der Waals surface area (Å²) in [5.74, 6) is -0.762. The van der Waals surface area contributed by atoms with E-state index in [0.29, 0.717) is 17.3 Å². The lowest BCUT2D eigenvalue weighted by molar-refractivity contribution is -0.143. The summed E-state index contributed by atoms with van der Waals surface area (Å²) in [7, 11) is -2.44. The predicted molar refractivity (Wildman–Crippen MR) is 75.2 cm³/mol. The molecule has 0 atom stereocenters. The third kappa shape index (κ3) is 2.97. The molecule has 1 aliphatic carbocycles. The number of methoxy groups -OCH3 is 1. The average molecular weight is 364 g/mol. The van der Waals surface area contributed by atoms with Crippen molar-refractivity contribution >= 4 is 31.9 Å². The topological polar surface area (TPSA) is 92.7 Å². The predicted octanol–water partition coefficient (Wildman–Crippen LogP) is 1.60. The van der Waals surface area contributed by atoms with E-state index < -0.39 is 21.4 Å². The van der Waals surface area contributed by atoms with E-state index in [2.05, 4.69) is 20.7 Å². The van der Waals surface area contributed by atoms with Crippen molar-refractivity contribution in [2.24, 2.45) is 5.41 Å². The van der Waals surface area contributed by atoms with Crippen LogP contribution >= 0.6 is 15.9 Å². The average Bonchev–Trinajstić information content (AvgIpc) is 3.18. The van der Waals surface area contributed by atoms with E-state index in [1.807, 2.05) is 0 Å². The van der Waals surface area contributed by atoms with Gasteiger partial charge < -0.3 is 9.84 Å². The first kappa shape index (κ1) is 15.3. The smallest absolute Gasteiger partial charge is 0.310 e. The van der Waals surface area contributed by atoms with Gasteiger partial charge in [0.05, 0.1) is 12.5 Å². The van der Waals surface area contributed by atoms with Crippen molar-refractivity contribution in [3.8, 4) is 5.75 Å². The number of sulfonamides is 1. The lowest BCUT2D eigenvalue weighted by Gasteiger charge is -2.14. The Labute approximate surface area is 125 Å². The molecule has 1 aliphatic rings. The van der Waals surface area contributed by atoms with Gasteiger partial charge in [0.1, 0.15) is 10.6 Å². The molecule has 0 spiro atoms. The van der Waals surface area contributed by atoms with Gasteiger partial charge in [-0.2, -0.15) is 0 Å². The van der Waals surface area contributed by atoms with Crippen LogP contribution in [0.3, 0.4) is 0 Å². The van der Waals surface area contributed by atoms with Crippen LogP contribution in [0.15, 0.2) is 27.6 Å². The molecule has 0 heterocycles. The number of aliphatic carboxylic acids is 1. The van der Waals surface area contributed by atoms with E-state index in [9.17, 15) is 13.2 Å². The molecule has 0 radical (unpaired) electrons. The second-order valence-electron chi connectivity index (χ2n) is 4.71. The van der Waals surface area contributed by atoms with Crippen LogP contribution < -0.4 is 9.46 Å². The molecular formula is C12H14BrNO5S. The zero-order valence-corrected chi connectivity index (χ0v) is 13.1. The number of benzene rings is 1. The van der Waals surface area contributed by atoms with Gasteiger partial charge in [-0.25, -0.2) is 13.1 Å². The highest BCUT2D eigenvalue weighted by Crippen LogP contribution is 2.45. The minimum Gasteiger partial charge on any atom is -0.495 e. The van der Waals surface area contributed by atoms with Crippen molar-refractivity contribution < 1.29 is 23.1 Å². The first-order valence-electron chi connectivity index (χ1n) is 5.87. The monoisotopic (exact) mass is 363 g/mol. The fraction of sp³-hybridized carbons (Fsp3) is 0.417. The van der Waals surface area contributed by atoms with Crippen LogP contribution in [0.5, 0.6) is 5.75 Å². The summed E-state index contributed by atoms with van der Waals surface area (Å²) in [6, 6.07) is 4.61. The largest absolute Gasteiger partial charge is 0.495 e. The Bertz CT molecular complexity index is 639. The number of carboxylic acid groups (broad SMARTS) is 1. The number of hydrogen-bond donors (Lipinski definition) is 2. The van der Waals surface area contributed by atoms with Crippen molar-refractivity contribution in [2.45, 2.75) is 17.7 Å². The Balaban J connectivity index is 2.23. The van der Waals surface area contributed by atoms with Crippen LogP contribution in [0.25, 0.3) is 0 Å². The van der Waals surface area contributed by atoms with Crippen molar-refractivity contribution in [1.29, 1.82) is 0 Å². The summed E-state index contributed by atoms with van der Waals surface area (Å²) < 4.78 is 32.5. The minimum absolute atomic E-state index is 0.0180. The Morgan fingerprint density at radius 1 is 1.50 bits per heavy atom. The first-order valence-corrected chi connectivity index (χ1v) is 8.15. The van der Waals surface area contributed by atoms with Gasteiger partial charge in [0.25, 0.3) is 0 Å². The first-order chi connectivity index (χ1) is 9.31. The molecule has 0 unspecified atom stereocenters. The van der Waals surface area contributed by atoms with E-state index in [1.54, 1.807) is 6.07 Å². The van der Waals surface area contributed by atoms with Gasteiger partial charge in [0.15, 0.2) is 0 Å². The maximum atomic E-state index is 12.3. The molecule has 8 heteroatoms. The summed E-state index contributed by atoms with van der Waals surface area (Å²) in [4.78, 5) is 11.0. The van der Waals surface area contributed by atoms with Crippen LogP contribution in [-0.4, -0.2) is 33.1 Å². The number of nitrogens with one attached hydrogen (secondary N) is 1. The molecule has 20 heavy (non-hydrogen) atoms. The number of hydrogen-bond acceptors (Lipinski definition) is 4. The van der Waals surface area contributed by atoms with E-state index in [-0.39, 0.29) is 17.2 Å². The van der Waals surface area contributed by atoms with Crippen molar-refractivity contribution in [3.05, 3.63) is 22.7 Å². The highest BCUT2D eigenvalue weighted by molar-refractivity contribution is 9.10. The van der Waals surface area contributed by atoms with E-state index in [4.69, 9.17) is 9.84 Å². The van der Waals surface area contributed by atoms with Gasteiger partial charge in [0.2, 0.25) is 10.0 Å². The van der Waals surface area contributed by atoms with E-state index in [1.165, 1.54) is 19.2 Å². The van der Waals surface area contributed by atoms with Gasteiger partial charge >= 0.3 is 5.97 Å². The lowest BCUT2D eigenvalue weighted by Crippen LogP contribution is -2.34. The SMILES string of the molecule is COc1ccc(Br)cc1S(=O)(=O)NCC1(C(=O)O)CC1. The number of carboxylic acids is 1. The Kier molecular flexibility index (Phi) is 4.08. The molecule has 110 valence electrons. The van der Waals surface area contributed by atoms with Gasteiger partial charge in [-0.3, -0.25) is 4.79 Å². The fourth-order valence-electron chi connectivity index (χ4n) is 1.79. The molecule has 0 saturated heterocycles. The Morgan fingerprint density at radius 3 is 2.65 bits per heavy atom. The zero-order valence-electron chi connectivity index (χ0n) is 10.7. The number of rotatable bonds is 6. The molecule has 6 nitrogen and oxygen atoms in total. The van der Waals surface area contributed by atoms with Crippen molar-refractivity contribution in [3.63, 3.8) is 0 Å². The number of halogens is 1. The van der Waals surface area contributed by atoms with Crippen molar-refractivity contribution in [2.75, 3.05) is 13.7 Å². The summed E-state index contributed by atoms with van der Waals surface area (Å²) in [6.45, 7) is -0.111. The van der Waals surface area contributed by atoms with Gasteiger partial charge in [-0.15, -0.1) is 0 Å². The van der Waals surface area contributed by atoms with Gasteiger partial charge in [-0.1, -0.05) is 15.9 Å². The molecule has 0 aliphatic heterocycles. The number of ether oxygens (including phenoxy) is 1. The van der Waals surface area contributed by atoms with Crippen LogP contribution in [0.1, 0.15) is 12.8 Å². The van der Waals surface area contributed by atoms with E-state index >= 15 is 0 Å². The normalized spacial score (nSPS) is 16.7. The molecule has 0 aromatic heterocycles. The van der Waals surface area contributed by atoms with Crippen LogP contribution in [0, 0.1) is 5.41 Å². The standard InChI is InChI=1S/C12H14BrNO5S/c1-19-9-3-2-8(13)6-10(9)20(17,18)14-7-12(4-5-12)11(15)16/h2-3,6,14H,4-5,7H2,1H3,(H,15,16). The number of carbonyl (C=O) groups is 1. The molecular weight excluding hydrogens is 350 g/mol. The molecule has 2 N–H and O–H groups in total. The summed E-state index contributed by atoms with van der Waals surface area (Å²) >= 11 is 3.20. The fourth-order valence-corrected chi connectivity index (χ4v) is 3.62. The van der Waals surface area contributed by atoms with Gasteiger partial charge in [0, 0.05) is 11.0 Å².